The zero-order chi connectivity index (χ0) is 12.6. The second kappa shape index (κ2) is 9.16. The molecule has 0 heterocycles. The number of nitrogens with zero attached hydrogens (tertiary/aromatic N) is 2. The van der Waals surface area contributed by atoms with Gasteiger partial charge in [0, 0.05) is 15.4 Å². The fraction of sp³-hybridized carbons (Fsp3) is 0.833. The molecule has 0 saturated carbocycles. The Morgan fingerprint density at radius 1 is 1.12 bits per heavy atom. The van der Waals surface area contributed by atoms with Crippen molar-refractivity contribution < 1.29 is 0 Å². The first-order valence-corrected chi connectivity index (χ1v) is 9.59. The summed E-state index contributed by atoms with van der Waals surface area (Å²) in [6, 6.07) is 0. The molecule has 0 aliphatic heterocycles. The quantitative estimate of drug-likeness (QED) is 0.454. The van der Waals surface area contributed by atoms with Gasteiger partial charge in [0.1, 0.15) is 0 Å². The molecule has 0 bridgehead atoms. The van der Waals surface area contributed by atoms with Gasteiger partial charge in [-0.25, -0.2) is 0 Å². The molecule has 0 aliphatic carbocycles. The number of hydrogen-bond acceptors (Lipinski definition) is 2. The Bertz CT molecular complexity index is 180. The number of hydrogen-bond donors (Lipinski definition) is 0. The molecular weight excluding hydrogens is 228 g/mol. The van der Waals surface area contributed by atoms with Gasteiger partial charge in [-0.15, -0.1) is 6.58 Å². The van der Waals surface area contributed by atoms with Crippen molar-refractivity contribution in [2.75, 3.05) is 32.3 Å². The Morgan fingerprint density at radius 3 is 1.94 bits per heavy atom. The summed E-state index contributed by atoms with van der Waals surface area (Å²) in [6.45, 7) is 17.4. The van der Waals surface area contributed by atoms with Crippen molar-refractivity contribution >= 4 is 18.1 Å². The molecule has 0 fully saturated rings. The minimum atomic E-state index is -0.585. The summed E-state index contributed by atoms with van der Waals surface area (Å²) in [7, 11) is 3.39. The first kappa shape index (κ1) is 16.1. The fourth-order valence-corrected chi connectivity index (χ4v) is 5.69. The van der Waals surface area contributed by atoms with E-state index in [1.165, 1.54) is 6.17 Å². The van der Waals surface area contributed by atoms with E-state index in [-0.39, 0.29) is 0 Å². The van der Waals surface area contributed by atoms with Crippen LogP contribution >= 0.6 is 0 Å². The molecule has 0 rings (SSSR count). The van der Waals surface area contributed by atoms with Crippen molar-refractivity contribution in [3.8, 4) is 0 Å². The van der Waals surface area contributed by atoms with Crippen molar-refractivity contribution in [2.24, 2.45) is 0 Å². The Hall–Kier alpha value is 0.0938. The zero-order valence-electron chi connectivity index (χ0n) is 11.3. The van der Waals surface area contributed by atoms with E-state index in [1.54, 1.807) is 0 Å². The van der Waals surface area contributed by atoms with Crippen LogP contribution in [0.3, 0.4) is 0 Å². The summed E-state index contributed by atoms with van der Waals surface area (Å²) >= 11 is 0. The highest BCUT2D eigenvalue weighted by Crippen LogP contribution is 2.04. The van der Waals surface area contributed by atoms with Gasteiger partial charge < -0.3 is 9.80 Å². The van der Waals surface area contributed by atoms with Gasteiger partial charge in [0.05, 0.1) is 8.31 Å². The maximum absolute atomic E-state index is 3.99. The second-order valence-corrected chi connectivity index (χ2v) is 7.77. The maximum Gasteiger partial charge on any atom is 0.0736 e. The first-order chi connectivity index (χ1) is 7.64. The van der Waals surface area contributed by atoms with Crippen molar-refractivity contribution in [3.63, 3.8) is 0 Å². The molecule has 0 aromatic rings. The molecule has 0 aromatic carbocycles. The van der Waals surface area contributed by atoms with Crippen molar-refractivity contribution in [3.05, 3.63) is 12.7 Å². The zero-order valence-corrected chi connectivity index (χ0v) is 13.3. The average molecular weight is 255 g/mol. The third-order valence-electron chi connectivity index (χ3n) is 3.07. The van der Waals surface area contributed by atoms with Crippen LogP contribution in [0.25, 0.3) is 0 Å². The van der Waals surface area contributed by atoms with Crippen LogP contribution in [-0.2, 0) is 0 Å². The lowest BCUT2D eigenvalue weighted by atomic mass is 10.4. The molecule has 0 saturated heterocycles. The first-order valence-electron chi connectivity index (χ1n) is 6.30. The minimum Gasteiger partial charge on any atom is -0.307 e. The Balaban J connectivity index is 4.39. The summed E-state index contributed by atoms with van der Waals surface area (Å²) in [6.07, 6.45) is 3.29. The summed E-state index contributed by atoms with van der Waals surface area (Å²) in [5.74, 6) is 0. The molecule has 4 radical (unpaired) electrons. The van der Waals surface area contributed by atoms with E-state index >= 15 is 0 Å². The molecule has 1 unspecified atom stereocenters. The van der Waals surface area contributed by atoms with Crippen LogP contribution in [0.4, 0.5) is 0 Å². The van der Waals surface area contributed by atoms with E-state index in [9.17, 15) is 0 Å². The lowest BCUT2D eigenvalue weighted by molar-refractivity contribution is 0.297. The van der Waals surface area contributed by atoms with Crippen LogP contribution in [-0.4, -0.2) is 65.9 Å². The highest BCUT2D eigenvalue weighted by atomic mass is 29.1. The molecule has 0 aliphatic rings. The predicted molar refractivity (Wildman–Crippen MR) is 76.2 cm³/mol. The normalized spacial score (nSPS) is 13.8. The van der Waals surface area contributed by atoms with Gasteiger partial charge in [0.25, 0.3) is 0 Å². The number of likely N-dealkylation sites (N-methyl/N-ethyl adjacent to an activating group) is 1. The number of rotatable bonds is 9. The van der Waals surface area contributed by atoms with Gasteiger partial charge >= 0.3 is 0 Å². The van der Waals surface area contributed by atoms with Crippen LogP contribution in [0.1, 0.15) is 27.7 Å². The molecule has 0 N–H and O–H groups in total. The summed E-state index contributed by atoms with van der Waals surface area (Å²) in [5.41, 5.74) is 0.525. The Kier molecular flexibility index (Phi) is 9.21. The van der Waals surface area contributed by atoms with Gasteiger partial charge in [0.2, 0.25) is 0 Å². The molecule has 4 heteroatoms. The van der Waals surface area contributed by atoms with E-state index in [0.29, 0.717) is 5.67 Å². The lowest BCUT2D eigenvalue weighted by Crippen LogP contribution is -2.51. The van der Waals surface area contributed by atoms with Gasteiger partial charge in [-0.05, 0) is 32.3 Å². The highest BCUT2D eigenvalue weighted by molar-refractivity contribution is 7.04. The molecule has 0 spiro atoms. The smallest absolute Gasteiger partial charge is 0.0736 e. The molecular formula is C12H26N2Si2. The largest absolute Gasteiger partial charge is 0.307 e. The summed E-state index contributed by atoms with van der Waals surface area (Å²) < 4.78 is 0. The Labute approximate surface area is 107 Å². The van der Waals surface area contributed by atoms with Crippen LogP contribution < -0.4 is 0 Å². The van der Waals surface area contributed by atoms with Crippen molar-refractivity contribution in [2.45, 2.75) is 33.4 Å². The molecule has 1 atom stereocenters. The maximum atomic E-state index is 3.99. The average Bonchev–Trinajstić information content (AvgIpc) is 2.32. The second-order valence-electron chi connectivity index (χ2n) is 3.89. The van der Waals surface area contributed by atoms with Crippen LogP contribution in [0.5, 0.6) is 0 Å². The summed E-state index contributed by atoms with van der Waals surface area (Å²) in [5, 5.41) is 0. The third kappa shape index (κ3) is 4.95. The van der Waals surface area contributed by atoms with E-state index in [1.807, 2.05) is 0 Å². The molecule has 0 aromatic heterocycles. The highest BCUT2D eigenvalue weighted by Gasteiger charge is 2.22. The molecule has 0 amide bonds. The van der Waals surface area contributed by atoms with Gasteiger partial charge in [-0.1, -0.05) is 33.8 Å². The van der Waals surface area contributed by atoms with Crippen LogP contribution in [0, 0.1) is 0 Å². The summed E-state index contributed by atoms with van der Waals surface area (Å²) in [4.78, 5) is 4.97. The lowest BCUT2D eigenvalue weighted by Gasteiger charge is -2.33. The minimum absolute atomic E-state index is 0.525. The van der Waals surface area contributed by atoms with E-state index < -0.39 is 8.31 Å². The van der Waals surface area contributed by atoms with E-state index in [0.717, 1.165) is 26.2 Å². The fourth-order valence-electron chi connectivity index (χ4n) is 1.91. The SMILES string of the molecule is C=CC(N(CC)CC)[Si]([Si])CN(CC)CC. The van der Waals surface area contributed by atoms with E-state index in [4.69, 9.17) is 0 Å². The predicted octanol–water partition coefficient (Wildman–Crippen LogP) is 1.46. The topological polar surface area (TPSA) is 6.48 Å². The van der Waals surface area contributed by atoms with Crippen LogP contribution in [0.2, 0.25) is 0 Å². The Morgan fingerprint density at radius 2 is 1.62 bits per heavy atom. The standard InChI is InChI=1S/C12H26N2Si2/c1-6-12(14(9-4)10-5)16(15)11-13(7-2)8-3/h6,12H,1,7-11H2,2-5H3. The monoisotopic (exact) mass is 254 g/mol. The van der Waals surface area contributed by atoms with Crippen molar-refractivity contribution in [1.29, 1.82) is 0 Å². The van der Waals surface area contributed by atoms with E-state index in [2.05, 4.69) is 59.9 Å². The van der Waals surface area contributed by atoms with Gasteiger partial charge in [-0.2, -0.15) is 0 Å². The molecule has 2 nitrogen and oxygen atoms in total. The van der Waals surface area contributed by atoms with Crippen LogP contribution in [0.15, 0.2) is 12.7 Å². The third-order valence-corrected chi connectivity index (χ3v) is 6.54. The van der Waals surface area contributed by atoms with Gasteiger partial charge in [0.15, 0.2) is 0 Å². The molecule has 16 heavy (non-hydrogen) atoms. The van der Waals surface area contributed by atoms with Gasteiger partial charge in [-0.3, -0.25) is 0 Å². The van der Waals surface area contributed by atoms with Crippen molar-refractivity contribution in [1.82, 2.24) is 9.80 Å². The molecule has 92 valence electrons.